The van der Waals surface area contributed by atoms with Crippen molar-refractivity contribution in [3.8, 4) is 0 Å². The van der Waals surface area contributed by atoms with E-state index in [1.165, 1.54) is 12.3 Å². The van der Waals surface area contributed by atoms with Gasteiger partial charge in [-0.15, -0.1) is 0 Å². The highest BCUT2D eigenvalue weighted by molar-refractivity contribution is 6.34. The van der Waals surface area contributed by atoms with Crippen molar-refractivity contribution < 1.29 is 17.9 Å². The van der Waals surface area contributed by atoms with Gasteiger partial charge in [0.15, 0.2) is 0 Å². The predicted octanol–water partition coefficient (Wildman–Crippen LogP) is 3.47. The van der Waals surface area contributed by atoms with Crippen molar-refractivity contribution in [2.24, 2.45) is 0 Å². The van der Waals surface area contributed by atoms with Crippen LogP contribution in [-0.2, 0) is 11.3 Å². The largest absolute Gasteiger partial charge is 0.411 e. The van der Waals surface area contributed by atoms with E-state index in [-0.39, 0.29) is 16.8 Å². The Balaban J connectivity index is 2.51. The molecule has 0 saturated heterocycles. The minimum absolute atomic E-state index is 0.180. The minimum Gasteiger partial charge on any atom is -0.367 e. The summed E-state index contributed by atoms with van der Waals surface area (Å²) in [6.07, 6.45) is -3.06. The summed E-state index contributed by atoms with van der Waals surface area (Å²) >= 11 is 11.2. The number of hydrogen-bond acceptors (Lipinski definition) is 2. The third kappa shape index (κ3) is 4.68. The molecule has 1 rings (SSSR count). The van der Waals surface area contributed by atoms with Gasteiger partial charge in [0.25, 0.3) is 0 Å². The van der Waals surface area contributed by atoms with E-state index in [1.807, 2.05) is 0 Å². The van der Waals surface area contributed by atoms with Crippen LogP contribution in [0, 0.1) is 0 Å². The molecule has 0 saturated carbocycles. The molecular weight excluding hydrogens is 254 g/mol. The highest BCUT2D eigenvalue weighted by Crippen LogP contribution is 2.21. The molecule has 1 heterocycles. The van der Waals surface area contributed by atoms with Gasteiger partial charge in [-0.05, 0) is 6.07 Å². The summed E-state index contributed by atoms with van der Waals surface area (Å²) < 4.78 is 39.6. The third-order valence-corrected chi connectivity index (χ3v) is 1.98. The van der Waals surface area contributed by atoms with Crippen LogP contribution in [0.4, 0.5) is 13.2 Å². The third-order valence-electron chi connectivity index (χ3n) is 1.42. The molecule has 0 atom stereocenters. The van der Waals surface area contributed by atoms with E-state index in [2.05, 4.69) is 9.72 Å². The molecule has 84 valence electrons. The van der Waals surface area contributed by atoms with Crippen LogP contribution >= 0.6 is 23.2 Å². The molecule has 7 heteroatoms. The lowest BCUT2D eigenvalue weighted by Gasteiger charge is -2.08. The van der Waals surface area contributed by atoms with Crippen LogP contribution in [0.15, 0.2) is 12.3 Å². The lowest BCUT2D eigenvalue weighted by molar-refractivity contribution is -0.176. The topological polar surface area (TPSA) is 22.1 Å². The Morgan fingerprint density at radius 3 is 2.53 bits per heavy atom. The molecule has 0 fully saturated rings. The highest BCUT2D eigenvalue weighted by Gasteiger charge is 2.27. The molecule has 0 aliphatic heterocycles. The zero-order valence-electron chi connectivity index (χ0n) is 7.31. The van der Waals surface area contributed by atoms with E-state index in [9.17, 15) is 13.2 Å². The summed E-state index contributed by atoms with van der Waals surface area (Å²) in [5.41, 5.74) is 0.366. The Labute approximate surface area is 94.0 Å². The second-order valence-electron chi connectivity index (χ2n) is 2.71. The van der Waals surface area contributed by atoms with Crippen LogP contribution in [0.25, 0.3) is 0 Å². The van der Waals surface area contributed by atoms with Gasteiger partial charge in [-0.25, -0.2) is 4.98 Å². The Hall–Kier alpha value is -0.520. The maximum absolute atomic E-state index is 11.7. The molecule has 0 aromatic carbocycles. The second kappa shape index (κ2) is 5.01. The smallest absolute Gasteiger partial charge is 0.367 e. The molecule has 0 aliphatic rings. The molecule has 0 aliphatic carbocycles. The Kier molecular flexibility index (Phi) is 4.19. The number of pyridine rings is 1. The van der Waals surface area contributed by atoms with Crippen molar-refractivity contribution in [2.45, 2.75) is 12.8 Å². The number of alkyl halides is 3. The van der Waals surface area contributed by atoms with Crippen LogP contribution in [0.3, 0.4) is 0 Å². The van der Waals surface area contributed by atoms with Crippen LogP contribution in [0.1, 0.15) is 5.56 Å². The van der Waals surface area contributed by atoms with Crippen molar-refractivity contribution in [2.75, 3.05) is 6.61 Å². The highest BCUT2D eigenvalue weighted by atomic mass is 35.5. The molecule has 2 nitrogen and oxygen atoms in total. The zero-order valence-corrected chi connectivity index (χ0v) is 8.83. The van der Waals surface area contributed by atoms with Crippen molar-refractivity contribution in [3.63, 3.8) is 0 Å². The van der Waals surface area contributed by atoms with E-state index >= 15 is 0 Å². The Morgan fingerprint density at radius 2 is 2.00 bits per heavy atom. The van der Waals surface area contributed by atoms with Crippen molar-refractivity contribution >= 4 is 23.2 Å². The number of nitrogens with zero attached hydrogens (tertiary/aromatic N) is 1. The number of hydrogen-bond donors (Lipinski definition) is 0. The maximum Gasteiger partial charge on any atom is 0.411 e. The van der Waals surface area contributed by atoms with Gasteiger partial charge in [-0.1, -0.05) is 23.2 Å². The quantitative estimate of drug-likeness (QED) is 0.776. The molecule has 0 spiro atoms. The average Bonchev–Trinajstić information content (AvgIpc) is 2.07. The van der Waals surface area contributed by atoms with E-state index in [1.54, 1.807) is 0 Å². The summed E-state index contributed by atoms with van der Waals surface area (Å²) in [5, 5.41) is 0.414. The van der Waals surface area contributed by atoms with E-state index < -0.39 is 12.8 Å². The van der Waals surface area contributed by atoms with E-state index in [0.29, 0.717) is 5.56 Å². The number of rotatable bonds is 3. The first kappa shape index (κ1) is 12.5. The number of aromatic nitrogens is 1. The minimum atomic E-state index is -4.34. The summed E-state index contributed by atoms with van der Waals surface area (Å²) in [6, 6.07) is 1.34. The summed E-state index contributed by atoms with van der Waals surface area (Å²) in [7, 11) is 0. The van der Waals surface area contributed by atoms with Gasteiger partial charge in [0.1, 0.15) is 11.8 Å². The van der Waals surface area contributed by atoms with E-state index in [4.69, 9.17) is 23.2 Å². The molecule has 1 aromatic rings. The molecule has 0 radical (unpaired) electrons. The van der Waals surface area contributed by atoms with Gasteiger partial charge in [0.05, 0.1) is 11.6 Å². The Bertz CT molecular complexity index is 343. The monoisotopic (exact) mass is 259 g/mol. The molecule has 1 aromatic heterocycles. The molecule has 0 N–H and O–H groups in total. The van der Waals surface area contributed by atoms with Crippen molar-refractivity contribution in [3.05, 3.63) is 28.0 Å². The number of ether oxygens (including phenoxy) is 1. The first-order chi connectivity index (χ1) is 6.88. The van der Waals surface area contributed by atoms with Crippen LogP contribution < -0.4 is 0 Å². The summed E-state index contributed by atoms with van der Waals surface area (Å²) in [5.74, 6) is 0. The van der Waals surface area contributed by atoms with Crippen LogP contribution in [0.5, 0.6) is 0 Å². The van der Waals surface area contributed by atoms with Gasteiger partial charge in [0, 0.05) is 11.8 Å². The van der Waals surface area contributed by atoms with Crippen LogP contribution in [-0.4, -0.2) is 17.8 Å². The number of halogens is 5. The fourth-order valence-electron chi connectivity index (χ4n) is 0.819. The van der Waals surface area contributed by atoms with Gasteiger partial charge in [0.2, 0.25) is 0 Å². The first-order valence-corrected chi connectivity index (χ1v) is 4.58. The summed E-state index contributed by atoms with van der Waals surface area (Å²) in [4.78, 5) is 3.67. The normalized spacial score (nSPS) is 11.8. The molecule has 0 amide bonds. The predicted molar refractivity (Wildman–Crippen MR) is 50.0 cm³/mol. The SMILES string of the molecule is FC(F)(F)COCc1cnc(Cl)cc1Cl. The summed E-state index contributed by atoms with van der Waals surface area (Å²) in [6.45, 7) is -1.56. The van der Waals surface area contributed by atoms with E-state index in [0.717, 1.165) is 0 Å². The standard InChI is InChI=1S/C8H6Cl2F3NO/c9-6-1-7(10)14-2-5(6)3-15-4-8(11,12)13/h1-2H,3-4H2. The Morgan fingerprint density at radius 1 is 1.33 bits per heavy atom. The lowest BCUT2D eigenvalue weighted by atomic mass is 10.3. The first-order valence-electron chi connectivity index (χ1n) is 3.83. The maximum atomic E-state index is 11.7. The molecule has 0 bridgehead atoms. The van der Waals surface area contributed by atoms with Gasteiger partial charge >= 0.3 is 6.18 Å². The zero-order chi connectivity index (χ0) is 11.5. The fraction of sp³-hybridized carbons (Fsp3) is 0.375. The fourth-order valence-corrected chi connectivity index (χ4v) is 1.24. The van der Waals surface area contributed by atoms with Crippen molar-refractivity contribution in [1.29, 1.82) is 0 Å². The lowest BCUT2D eigenvalue weighted by Crippen LogP contribution is -2.16. The van der Waals surface area contributed by atoms with Crippen LogP contribution in [0.2, 0.25) is 10.2 Å². The molecule has 15 heavy (non-hydrogen) atoms. The molecular formula is C8H6Cl2F3NO. The second-order valence-corrected chi connectivity index (χ2v) is 3.50. The average molecular weight is 260 g/mol. The van der Waals surface area contributed by atoms with Crippen molar-refractivity contribution in [1.82, 2.24) is 4.98 Å². The van der Waals surface area contributed by atoms with Gasteiger partial charge < -0.3 is 4.74 Å². The van der Waals surface area contributed by atoms with Gasteiger partial charge in [-0.2, -0.15) is 13.2 Å². The molecule has 0 unspecified atom stereocenters. The van der Waals surface area contributed by atoms with Gasteiger partial charge in [-0.3, -0.25) is 0 Å².